The molecular formula is C22H21ClN2O4S. The van der Waals surface area contributed by atoms with Crippen LogP contribution in [0.5, 0.6) is 5.75 Å². The number of halogens is 1. The number of ether oxygens (including phenoxy) is 1. The second kappa shape index (κ2) is 9.19. The lowest BCUT2D eigenvalue weighted by atomic mass is 10.2. The van der Waals surface area contributed by atoms with Gasteiger partial charge >= 0.3 is 0 Å². The number of rotatable bonds is 7. The van der Waals surface area contributed by atoms with Gasteiger partial charge in [0.05, 0.1) is 22.1 Å². The first-order valence-corrected chi connectivity index (χ1v) is 11.1. The van der Waals surface area contributed by atoms with Crippen molar-refractivity contribution in [1.82, 2.24) is 0 Å². The molecule has 0 aliphatic rings. The number of nitrogens with one attached hydrogen (secondary N) is 2. The fourth-order valence-electron chi connectivity index (χ4n) is 2.77. The van der Waals surface area contributed by atoms with Crippen LogP contribution >= 0.6 is 11.6 Å². The first-order chi connectivity index (χ1) is 14.3. The number of anilines is 2. The highest BCUT2D eigenvalue weighted by molar-refractivity contribution is 7.92. The first-order valence-electron chi connectivity index (χ1n) is 9.22. The second-order valence-corrected chi connectivity index (χ2v) is 8.62. The molecule has 0 aromatic heterocycles. The predicted octanol–water partition coefficient (Wildman–Crippen LogP) is 5.10. The summed E-state index contributed by atoms with van der Waals surface area (Å²) in [6.45, 7) is 4.29. The van der Waals surface area contributed by atoms with Gasteiger partial charge in [-0.2, -0.15) is 0 Å². The Morgan fingerprint density at radius 2 is 1.73 bits per heavy atom. The monoisotopic (exact) mass is 444 g/mol. The van der Waals surface area contributed by atoms with Crippen LogP contribution in [0, 0.1) is 6.92 Å². The third-order valence-corrected chi connectivity index (χ3v) is 5.89. The van der Waals surface area contributed by atoms with Crippen molar-refractivity contribution in [2.45, 2.75) is 18.7 Å². The molecule has 2 N–H and O–H groups in total. The van der Waals surface area contributed by atoms with Gasteiger partial charge in [0.25, 0.3) is 15.9 Å². The van der Waals surface area contributed by atoms with Gasteiger partial charge in [-0.3, -0.25) is 9.52 Å². The molecule has 30 heavy (non-hydrogen) atoms. The molecule has 0 radical (unpaired) electrons. The lowest BCUT2D eigenvalue weighted by Gasteiger charge is -2.12. The van der Waals surface area contributed by atoms with Gasteiger partial charge in [0.2, 0.25) is 0 Å². The van der Waals surface area contributed by atoms with Gasteiger partial charge in [0, 0.05) is 11.4 Å². The normalized spacial score (nSPS) is 11.0. The van der Waals surface area contributed by atoms with Crippen molar-refractivity contribution < 1.29 is 17.9 Å². The van der Waals surface area contributed by atoms with Crippen molar-refractivity contribution >= 4 is 38.9 Å². The van der Waals surface area contributed by atoms with Crippen molar-refractivity contribution in [3.05, 3.63) is 82.9 Å². The van der Waals surface area contributed by atoms with Crippen LogP contribution in [0.3, 0.4) is 0 Å². The van der Waals surface area contributed by atoms with Crippen LogP contribution in [-0.4, -0.2) is 20.9 Å². The zero-order valence-electron chi connectivity index (χ0n) is 16.5. The van der Waals surface area contributed by atoms with Gasteiger partial charge in [-0.05, 0) is 74.0 Å². The van der Waals surface area contributed by atoms with Gasteiger partial charge in [-0.1, -0.05) is 23.7 Å². The Hall–Kier alpha value is -3.03. The summed E-state index contributed by atoms with van der Waals surface area (Å²) >= 11 is 6.16. The van der Waals surface area contributed by atoms with E-state index in [2.05, 4.69) is 10.0 Å². The van der Waals surface area contributed by atoms with Crippen molar-refractivity contribution in [1.29, 1.82) is 0 Å². The summed E-state index contributed by atoms with van der Waals surface area (Å²) in [4.78, 5) is 12.6. The summed E-state index contributed by atoms with van der Waals surface area (Å²) in [7, 11) is -3.92. The Morgan fingerprint density at radius 3 is 2.40 bits per heavy atom. The van der Waals surface area contributed by atoms with E-state index in [0.717, 1.165) is 5.56 Å². The Bertz CT molecular complexity index is 1160. The molecule has 0 spiro atoms. The summed E-state index contributed by atoms with van der Waals surface area (Å²) in [5.74, 6) is 0.144. The van der Waals surface area contributed by atoms with Crippen molar-refractivity contribution in [2.24, 2.45) is 0 Å². The maximum absolute atomic E-state index is 12.8. The van der Waals surface area contributed by atoms with E-state index in [9.17, 15) is 13.2 Å². The molecule has 3 aromatic carbocycles. The highest BCUT2D eigenvalue weighted by atomic mass is 35.5. The highest BCUT2D eigenvalue weighted by Gasteiger charge is 2.19. The van der Waals surface area contributed by atoms with E-state index in [0.29, 0.717) is 23.7 Å². The fraction of sp³-hybridized carbons (Fsp3) is 0.136. The SMILES string of the molecule is CCOc1ccc(NS(=O)(=O)c2ccc(Cl)c(C(=O)Nc3cccc(C)c3)c2)cc1. The number of hydrogen-bond acceptors (Lipinski definition) is 4. The van der Waals surface area contributed by atoms with Crippen LogP contribution in [-0.2, 0) is 10.0 Å². The number of benzene rings is 3. The molecule has 0 aliphatic carbocycles. The number of amides is 1. The van der Waals surface area contributed by atoms with E-state index >= 15 is 0 Å². The molecule has 156 valence electrons. The molecule has 0 bridgehead atoms. The third-order valence-electron chi connectivity index (χ3n) is 4.19. The van der Waals surface area contributed by atoms with Crippen molar-refractivity contribution in [3.63, 3.8) is 0 Å². The lowest BCUT2D eigenvalue weighted by Crippen LogP contribution is -2.16. The van der Waals surface area contributed by atoms with Gasteiger partial charge in [0.1, 0.15) is 5.75 Å². The molecule has 0 saturated heterocycles. The molecular weight excluding hydrogens is 424 g/mol. The van der Waals surface area contributed by atoms with Crippen LogP contribution < -0.4 is 14.8 Å². The maximum Gasteiger partial charge on any atom is 0.261 e. The summed E-state index contributed by atoms with van der Waals surface area (Å²) < 4.78 is 33.4. The summed E-state index contributed by atoms with van der Waals surface area (Å²) in [6.07, 6.45) is 0. The van der Waals surface area contributed by atoms with Gasteiger partial charge in [0.15, 0.2) is 0 Å². The van der Waals surface area contributed by atoms with Crippen LogP contribution in [0.15, 0.2) is 71.6 Å². The molecule has 0 unspecified atom stereocenters. The average molecular weight is 445 g/mol. The number of aryl methyl sites for hydroxylation is 1. The molecule has 1 amide bonds. The van der Waals surface area contributed by atoms with Crippen LogP contribution in [0.1, 0.15) is 22.8 Å². The van der Waals surface area contributed by atoms with E-state index < -0.39 is 15.9 Å². The number of carbonyl (C=O) groups excluding carboxylic acids is 1. The smallest absolute Gasteiger partial charge is 0.261 e. The second-order valence-electron chi connectivity index (χ2n) is 6.53. The zero-order valence-corrected chi connectivity index (χ0v) is 18.0. The summed E-state index contributed by atoms with van der Waals surface area (Å²) in [5.41, 5.74) is 2.01. The van der Waals surface area contributed by atoms with Crippen molar-refractivity contribution in [3.8, 4) is 5.75 Å². The van der Waals surface area contributed by atoms with Crippen molar-refractivity contribution in [2.75, 3.05) is 16.6 Å². The number of carbonyl (C=O) groups is 1. The van der Waals surface area contributed by atoms with E-state index in [1.54, 1.807) is 36.4 Å². The standard InChI is InChI=1S/C22H21ClN2O4S/c1-3-29-18-9-7-16(8-10-18)25-30(27,28)19-11-12-21(23)20(14-19)22(26)24-17-6-4-5-15(2)13-17/h4-14,25H,3H2,1-2H3,(H,24,26). The Morgan fingerprint density at radius 1 is 1.00 bits per heavy atom. The topological polar surface area (TPSA) is 84.5 Å². The van der Waals surface area contributed by atoms with E-state index in [1.807, 2.05) is 26.0 Å². The molecule has 3 aromatic rings. The van der Waals surface area contributed by atoms with Gasteiger partial charge in [-0.15, -0.1) is 0 Å². The van der Waals surface area contributed by atoms with E-state index in [-0.39, 0.29) is 15.5 Å². The van der Waals surface area contributed by atoms with E-state index in [1.165, 1.54) is 18.2 Å². The van der Waals surface area contributed by atoms with Crippen LogP contribution in [0.25, 0.3) is 0 Å². The van der Waals surface area contributed by atoms with Crippen LogP contribution in [0.2, 0.25) is 5.02 Å². The quantitative estimate of drug-likeness (QED) is 0.531. The largest absolute Gasteiger partial charge is 0.494 e. The minimum Gasteiger partial charge on any atom is -0.494 e. The Kier molecular flexibility index (Phi) is 6.64. The molecule has 8 heteroatoms. The van der Waals surface area contributed by atoms with Crippen LogP contribution in [0.4, 0.5) is 11.4 Å². The summed E-state index contributed by atoms with van der Waals surface area (Å²) in [6, 6.07) is 17.8. The van der Waals surface area contributed by atoms with E-state index in [4.69, 9.17) is 16.3 Å². The molecule has 0 heterocycles. The summed E-state index contributed by atoms with van der Waals surface area (Å²) in [5, 5.41) is 2.89. The number of hydrogen-bond donors (Lipinski definition) is 2. The van der Waals surface area contributed by atoms with Gasteiger partial charge < -0.3 is 10.1 Å². The molecule has 0 aliphatic heterocycles. The van der Waals surface area contributed by atoms with Gasteiger partial charge in [-0.25, -0.2) is 8.42 Å². The molecule has 0 atom stereocenters. The number of sulfonamides is 1. The maximum atomic E-state index is 12.8. The fourth-order valence-corrected chi connectivity index (χ4v) is 4.05. The minimum atomic E-state index is -3.92. The zero-order chi connectivity index (χ0) is 21.7. The lowest BCUT2D eigenvalue weighted by molar-refractivity contribution is 0.102. The molecule has 6 nitrogen and oxygen atoms in total. The first kappa shape index (κ1) is 21.7. The highest BCUT2D eigenvalue weighted by Crippen LogP contribution is 2.24. The Labute approximate surface area is 180 Å². The predicted molar refractivity (Wildman–Crippen MR) is 119 cm³/mol. The Balaban J connectivity index is 1.83. The molecule has 0 fully saturated rings. The average Bonchev–Trinajstić information content (AvgIpc) is 2.69. The third kappa shape index (κ3) is 5.31. The minimum absolute atomic E-state index is 0.0627. The molecule has 3 rings (SSSR count). The molecule has 0 saturated carbocycles.